The summed E-state index contributed by atoms with van der Waals surface area (Å²) >= 11 is 0. The maximum Gasteiger partial charge on any atom is 0.364 e. The number of aliphatic hydroxyl groups excluding tert-OH is 19. The number of nitrogens with one attached hydrogen (secondary N) is 3. The zero-order valence-corrected chi connectivity index (χ0v) is 79.7. The number of carbonyl (C=O) groups is 6. The van der Waals surface area contributed by atoms with Crippen molar-refractivity contribution in [2.75, 3.05) is 46.2 Å². The number of hydrogen-bond donors (Lipinski definition) is 24. The van der Waals surface area contributed by atoms with E-state index in [0.717, 1.165) is 91.4 Å². The summed E-state index contributed by atoms with van der Waals surface area (Å²) in [5, 5.41) is 246. The first-order chi connectivity index (χ1) is 64.6. The van der Waals surface area contributed by atoms with Crippen LogP contribution in [0.25, 0.3) is 0 Å². The number of amides is 3. The molecule has 0 aromatic heterocycles. The molecule has 34 atom stereocenters. The van der Waals surface area contributed by atoms with E-state index < -0.39 is 308 Å². The minimum atomic E-state index is -3.67. The van der Waals surface area contributed by atoms with Crippen LogP contribution in [0, 0.1) is 5.92 Å². The first-order valence-electron chi connectivity index (χ1n) is 49.8. The van der Waals surface area contributed by atoms with Gasteiger partial charge in [-0.25, -0.2) is 9.59 Å². The molecule has 6 rings (SSSR count). The molecule has 135 heavy (non-hydrogen) atoms. The van der Waals surface area contributed by atoms with Gasteiger partial charge in [-0.1, -0.05) is 239 Å². The van der Waals surface area contributed by atoms with Crippen molar-refractivity contribution >= 4 is 35.4 Å². The second-order valence-electron chi connectivity index (χ2n) is 37.8. The molecule has 0 radical (unpaired) electrons. The third kappa shape index (κ3) is 37.2. The van der Waals surface area contributed by atoms with Crippen molar-refractivity contribution in [3.8, 4) is 0 Å². The van der Waals surface area contributed by atoms with Crippen molar-refractivity contribution in [1.82, 2.24) is 16.0 Å². The van der Waals surface area contributed by atoms with Gasteiger partial charge in [-0.05, 0) is 19.8 Å². The van der Waals surface area contributed by atoms with Crippen LogP contribution in [0.15, 0.2) is 0 Å². The summed E-state index contributed by atoms with van der Waals surface area (Å²) in [7, 11) is 0. The van der Waals surface area contributed by atoms with Crippen molar-refractivity contribution in [2.24, 2.45) is 5.92 Å². The quantitative estimate of drug-likeness (QED) is 0.0370. The molecule has 788 valence electrons. The van der Waals surface area contributed by atoms with E-state index in [2.05, 4.69) is 29.8 Å². The minimum absolute atomic E-state index is 0.113. The molecule has 0 saturated carbocycles. The molecule has 6 heterocycles. The number of aliphatic carboxylic acids is 2. The van der Waals surface area contributed by atoms with Crippen molar-refractivity contribution in [2.45, 2.75) is 499 Å². The van der Waals surface area contributed by atoms with E-state index in [0.29, 0.717) is 12.8 Å². The number of carboxylic acids is 2. The van der Waals surface area contributed by atoms with Gasteiger partial charge in [-0.3, -0.25) is 14.4 Å². The van der Waals surface area contributed by atoms with Crippen LogP contribution in [0.5, 0.6) is 0 Å². The lowest BCUT2D eigenvalue weighted by atomic mass is 9.86. The molecule has 0 aromatic rings. The van der Waals surface area contributed by atoms with Crippen LogP contribution in [0.1, 0.15) is 298 Å². The number of ketones is 1. The van der Waals surface area contributed by atoms with Crippen LogP contribution in [-0.4, -0.2) is 390 Å². The third-order valence-corrected chi connectivity index (χ3v) is 26.7. The van der Waals surface area contributed by atoms with Crippen LogP contribution in [0.4, 0.5) is 0 Å². The Labute approximate surface area is 792 Å². The van der Waals surface area contributed by atoms with E-state index >= 15 is 0 Å². The average Bonchev–Trinajstić information content (AvgIpc) is 0.741. The molecule has 42 heteroatoms. The predicted octanol–water partition coefficient (Wildman–Crippen LogP) is 0.567. The van der Waals surface area contributed by atoms with E-state index in [-0.39, 0.29) is 12.8 Å². The number of rotatable bonds is 69. The van der Waals surface area contributed by atoms with E-state index in [1.807, 2.05) is 0 Å². The van der Waals surface area contributed by atoms with Gasteiger partial charge in [0, 0.05) is 45.4 Å². The Morgan fingerprint density at radius 1 is 0.393 bits per heavy atom. The number of ether oxygens (including phenoxy) is 12. The van der Waals surface area contributed by atoms with Gasteiger partial charge in [-0.2, -0.15) is 0 Å². The molecule has 24 N–H and O–H groups in total. The van der Waals surface area contributed by atoms with E-state index in [4.69, 9.17) is 56.8 Å². The summed E-state index contributed by atoms with van der Waals surface area (Å²) in [5.74, 6) is -16.5. The zero-order valence-electron chi connectivity index (χ0n) is 79.7. The van der Waals surface area contributed by atoms with Crippen molar-refractivity contribution in [3.63, 3.8) is 0 Å². The van der Waals surface area contributed by atoms with Gasteiger partial charge in [0.05, 0.1) is 88.8 Å². The highest BCUT2D eigenvalue weighted by molar-refractivity contribution is 5.78. The smallest absolute Gasteiger partial charge is 0.364 e. The molecule has 2 unspecified atom stereocenters. The Hall–Kier alpha value is -4.22. The van der Waals surface area contributed by atoms with Crippen LogP contribution < -0.4 is 16.0 Å². The molecule has 0 spiro atoms. The summed E-state index contributed by atoms with van der Waals surface area (Å²) in [6.07, 6.45) is -22.7. The summed E-state index contributed by atoms with van der Waals surface area (Å²) in [6, 6.07) is -5.01. The van der Waals surface area contributed by atoms with Gasteiger partial charge in [0.25, 0.3) is 11.6 Å². The molecule has 6 fully saturated rings. The molecule has 42 nitrogen and oxygen atoms in total. The molecule has 0 bridgehead atoms. The van der Waals surface area contributed by atoms with Crippen LogP contribution >= 0.6 is 0 Å². The number of unbranched alkanes of at least 4 members (excludes halogenated alkanes) is 34. The number of hydrogen-bond acceptors (Lipinski definition) is 37. The molecule has 3 amide bonds. The maximum atomic E-state index is 14.5. The second kappa shape index (κ2) is 63.0. The lowest BCUT2D eigenvalue weighted by Crippen LogP contribution is -2.72. The SMILES string of the molecule is CCCCCCCCCCCCCCCCCCCCCCCCCC(=O)N[C@@H](CO[C@@H]1O[C@H](CO)[C@@H](O[C@@H]2O[C@H](CO)[C@H](O[C@@H]3O[C@H](CO)[C@H](O)[C@H](O[C@@H]4O[C@H](CO)[C@H](O)[C@H](O)[C@H]4O)[C@H]3CC(C)=O)[C@H](O[C@]3(C(=O)O)C[C@H](O)[C@@H](NC(C)=O)C([C@H](O)[C@@H](CO)O[C@]4(C(=O)O)C[C@H](O)[C@@H](NC(C)=O)C([C@H](O)[C@H](O)CO)O4)O3)[C@H]2O)[C@H](O)[C@H]1O)[C@H](O)CCCCCCCCCCCCCCC. The molecule has 6 aliphatic heterocycles. The molecular formula is C93H167N3O39. The molecule has 0 aromatic carbocycles. The molecular weight excluding hydrogens is 1780 g/mol. The zero-order chi connectivity index (χ0) is 99.5. The van der Waals surface area contributed by atoms with Crippen molar-refractivity contribution in [3.05, 3.63) is 0 Å². The largest absolute Gasteiger partial charge is 0.477 e. The summed E-state index contributed by atoms with van der Waals surface area (Å²) in [6.45, 7) is -0.654. The van der Waals surface area contributed by atoms with Crippen LogP contribution in [0.2, 0.25) is 0 Å². The third-order valence-electron chi connectivity index (χ3n) is 26.7. The van der Waals surface area contributed by atoms with Crippen molar-refractivity contribution in [1.29, 1.82) is 0 Å². The van der Waals surface area contributed by atoms with E-state index in [1.54, 1.807) is 0 Å². The topological polar surface area (TPSA) is 674 Å². The first-order valence-corrected chi connectivity index (χ1v) is 49.8. The second-order valence-corrected chi connectivity index (χ2v) is 37.8. The van der Waals surface area contributed by atoms with Gasteiger partial charge >= 0.3 is 11.9 Å². The highest BCUT2D eigenvalue weighted by Gasteiger charge is 2.64. The van der Waals surface area contributed by atoms with Gasteiger partial charge in [0.2, 0.25) is 17.7 Å². The lowest BCUT2D eigenvalue weighted by molar-refractivity contribution is -0.407. The van der Waals surface area contributed by atoms with Crippen LogP contribution in [0.3, 0.4) is 0 Å². The average molecular weight is 1950 g/mol. The van der Waals surface area contributed by atoms with Gasteiger partial charge in [-0.15, -0.1) is 0 Å². The Morgan fingerprint density at radius 2 is 0.778 bits per heavy atom. The maximum absolute atomic E-state index is 14.5. The Kier molecular flexibility index (Phi) is 55.8. The fourth-order valence-electron chi connectivity index (χ4n) is 18.9. The Bertz CT molecular complexity index is 3290. The molecule has 6 aliphatic rings. The highest BCUT2D eigenvalue weighted by atomic mass is 16.8. The number of carbonyl (C=O) groups excluding carboxylic acids is 4. The van der Waals surface area contributed by atoms with E-state index in [1.165, 1.54) is 148 Å². The number of carboxylic acid groups (broad SMARTS) is 2. The monoisotopic (exact) mass is 1950 g/mol. The molecule has 6 saturated heterocycles. The minimum Gasteiger partial charge on any atom is -0.477 e. The van der Waals surface area contributed by atoms with E-state index in [9.17, 15) is 136 Å². The van der Waals surface area contributed by atoms with Gasteiger partial charge in [0.1, 0.15) is 128 Å². The summed E-state index contributed by atoms with van der Waals surface area (Å²) < 4.78 is 72.8. The summed E-state index contributed by atoms with van der Waals surface area (Å²) in [5.41, 5.74) is 0. The van der Waals surface area contributed by atoms with Crippen LogP contribution in [-0.2, 0) is 85.6 Å². The fourth-order valence-corrected chi connectivity index (χ4v) is 18.9. The highest BCUT2D eigenvalue weighted by Crippen LogP contribution is 2.44. The number of Topliss-reactive ketones (excluding diaryl/α,β-unsaturated/α-hetero) is 1. The predicted molar refractivity (Wildman–Crippen MR) is 478 cm³/mol. The standard InChI is InChI=1S/C93H167N3O39/c1-6-8-10-12-14-16-18-20-21-22-23-24-25-26-27-28-29-31-33-35-37-39-41-43-68(110)96-58(59(106)42-40-38-36-34-32-30-19-17-15-13-11-9-7-2)53-124-87-78(118)76(116)81(66(51-101)127-87)130-89-79(119)85(82(67(52-102)128-89)131-86-57(44-54(3)103)80(73(113)64(49-99)125-86)129-88-77(117)75(115)72(112)63(48-98)126-88)135-93(91(122)123)46-61(108)70(95-56(5)105)84(134-93)74(114)65(50-100)132-92(90(120)121)45-60(107)69(94-55(4)104)83(133-92)71(111)62(109)47-97/h57-67,69-89,97-102,106-109,111-119H,6-53H2,1-5H3,(H,94,104)(H,95,105)(H,96,110)(H,120,121)(H,122,123)/t57-,58+,59-,60+,61+,62-,63-,64-,65-,66-,67-,69-,70-,71-,72+,73+,74-,75+,76-,77-,78-,79-,80-,81-,82+,83?,84?,85-,86+,87-,88+,89+,92-,93+/m1/s1. The normalized spacial score (nSPS) is 33.7. The lowest BCUT2D eigenvalue weighted by Gasteiger charge is -2.53. The Morgan fingerprint density at radius 3 is 1.22 bits per heavy atom. The fraction of sp³-hybridized carbons (Fsp3) is 0.935. The summed E-state index contributed by atoms with van der Waals surface area (Å²) in [4.78, 5) is 80.7. The number of aliphatic hydroxyl groups is 19. The molecule has 0 aliphatic carbocycles. The Balaban J connectivity index is 1.26. The van der Waals surface area contributed by atoms with Crippen molar-refractivity contribution < 1.29 is 193 Å². The first kappa shape index (κ1) is 119. The van der Waals surface area contributed by atoms with Gasteiger partial charge < -0.3 is 185 Å². The van der Waals surface area contributed by atoms with Gasteiger partial charge in [0.15, 0.2) is 25.2 Å².